The standard InChI is InChI=1S/C15H14ClNO3/c16-13-5-7-14(8-6-13)19-9-10-20-15-4-2-1-3-12(15)11-17-18/h1-8,11,18H,9-10H2. The number of nitrogens with zero attached hydrogens (tertiary/aromatic N) is 1. The summed E-state index contributed by atoms with van der Waals surface area (Å²) in [6, 6.07) is 14.4. The van der Waals surface area contributed by atoms with Crippen molar-refractivity contribution in [2.24, 2.45) is 5.16 Å². The van der Waals surface area contributed by atoms with Crippen molar-refractivity contribution in [3.63, 3.8) is 0 Å². The van der Waals surface area contributed by atoms with Gasteiger partial charge in [-0.1, -0.05) is 28.9 Å². The second-order valence-electron chi connectivity index (χ2n) is 3.93. The molecule has 0 aliphatic rings. The lowest BCUT2D eigenvalue weighted by Gasteiger charge is -2.10. The number of oxime groups is 1. The lowest BCUT2D eigenvalue weighted by atomic mass is 10.2. The minimum absolute atomic E-state index is 0.388. The van der Waals surface area contributed by atoms with Gasteiger partial charge in [-0.3, -0.25) is 0 Å². The van der Waals surface area contributed by atoms with Crippen LogP contribution in [0.4, 0.5) is 0 Å². The average Bonchev–Trinajstić information content (AvgIpc) is 2.47. The van der Waals surface area contributed by atoms with Gasteiger partial charge in [0.1, 0.15) is 24.7 Å². The number of para-hydroxylation sites is 1. The first-order valence-corrected chi connectivity index (χ1v) is 6.45. The highest BCUT2D eigenvalue weighted by molar-refractivity contribution is 6.30. The maximum absolute atomic E-state index is 8.57. The average molecular weight is 292 g/mol. The summed E-state index contributed by atoms with van der Waals surface area (Å²) in [6.45, 7) is 0.797. The lowest BCUT2D eigenvalue weighted by molar-refractivity contribution is 0.217. The molecular formula is C15H14ClNO3. The lowest BCUT2D eigenvalue weighted by Crippen LogP contribution is -2.09. The van der Waals surface area contributed by atoms with Gasteiger partial charge in [-0.2, -0.15) is 0 Å². The molecule has 0 aromatic heterocycles. The number of hydrogen-bond donors (Lipinski definition) is 1. The van der Waals surface area contributed by atoms with Crippen molar-refractivity contribution in [1.82, 2.24) is 0 Å². The van der Waals surface area contributed by atoms with Gasteiger partial charge < -0.3 is 14.7 Å². The molecule has 0 aliphatic heterocycles. The zero-order chi connectivity index (χ0) is 14.2. The smallest absolute Gasteiger partial charge is 0.128 e. The van der Waals surface area contributed by atoms with E-state index in [9.17, 15) is 0 Å². The van der Waals surface area contributed by atoms with Crippen LogP contribution in [0.2, 0.25) is 5.02 Å². The van der Waals surface area contributed by atoms with E-state index >= 15 is 0 Å². The Bertz CT molecular complexity index is 570. The molecule has 0 unspecified atom stereocenters. The van der Waals surface area contributed by atoms with Crippen LogP contribution >= 0.6 is 11.6 Å². The minimum atomic E-state index is 0.388. The summed E-state index contributed by atoms with van der Waals surface area (Å²) in [5.41, 5.74) is 0.710. The number of hydrogen-bond acceptors (Lipinski definition) is 4. The molecule has 0 atom stereocenters. The Morgan fingerprint density at radius 3 is 2.45 bits per heavy atom. The molecule has 0 aliphatic carbocycles. The van der Waals surface area contributed by atoms with Crippen LogP contribution in [-0.4, -0.2) is 24.6 Å². The van der Waals surface area contributed by atoms with Crippen molar-refractivity contribution in [3.05, 3.63) is 59.1 Å². The zero-order valence-corrected chi connectivity index (χ0v) is 11.5. The van der Waals surface area contributed by atoms with E-state index < -0.39 is 0 Å². The van der Waals surface area contributed by atoms with E-state index in [1.54, 1.807) is 36.4 Å². The molecule has 0 saturated carbocycles. The summed E-state index contributed by atoms with van der Waals surface area (Å²) in [5.74, 6) is 1.38. The topological polar surface area (TPSA) is 51.1 Å². The second kappa shape index (κ2) is 7.40. The maximum atomic E-state index is 8.57. The fourth-order valence-corrected chi connectivity index (χ4v) is 1.75. The number of halogens is 1. The highest BCUT2D eigenvalue weighted by Crippen LogP contribution is 2.17. The molecule has 2 aromatic carbocycles. The van der Waals surface area contributed by atoms with Gasteiger partial charge in [-0.25, -0.2) is 0 Å². The van der Waals surface area contributed by atoms with E-state index in [1.165, 1.54) is 6.21 Å². The molecule has 5 heteroatoms. The van der Waals surface area contributed by atoms with Crippen molar-refractivity contribution in [1.29, 1.82) is 0 Å². The molecule has 2 aromatic rings. The molecule has 0 bridgehead atoms. The Balaban J connectivity index is 1.83. The van der Waals surface area contributed by atoms with Gasteiger partial charge in [-0.05, 0) is 36.4 Å². The molecule has 104 valence electrons. The van der Waals surface area contributed by atoms with Crippen molar-refractivity contribution >= 4 is 17.8 Å². The van der Waals surface area contributed by atoms with Gasteiger partial charge in [0, 0.05) is 10.6 Å². The molecule has 0 saturated heterocycles. The molecule has 0 fully saturated rings. The Labute approximate surface area is 122 Å². The van der Waals surface area contributed by atoms with E-state index in [4.69, 9.17) is 26.3 Å². The fourth-order valence-electron chi connectivity index (χ4n) is 1.62. The Kier molecular flexibility index (Phi) is 5.26. The summed E-state index contributed by atoms with van der Waals surface area (Å²) < 4.78 is 11.1. The van der Waals surface area contributed by atoms with Crippen LogP contribution in [0.25, 0.3) is 0 Å². The summed E-state index contributed by atoms with van der Waals surface area (Å²) in [7, 11) is 0. The molecule has 0 heterocycles. The highest BCUT2D eigenvalue weighted by atomic mass is 35.5. The van der Waals surface area contributed by atoms with E-state index in [0.29, 0.717) is 29.5 Å². The summed E-state index contributed by atoms with van der Waals surface area (Å²) in [5, 5.41) is 12.2. The van der Waals surface area contributed by atoms with E-state index in [1.807, 2.05) is 12.1 Å². The molecule has 0 spiro atoms. The van der Waals surface area contributed by atoms with Gasteiger partial charge in [0.05, 0.1) is 6.21 Å². The molecule has 2 rings (SSSR count). The monoisotopic (exact) mass is 291 g/mol. The van der Waals surface area contributed by atoms with E-state index in [0.717, 1.165) is 5.75 Å². The van der Waals surface area contributed by atoms with Crippen LogP contribution in [0, 0.1) is 0 Å². The van der Waals surface area contributed by atoms with Gasteiger partial charge >= 0.3 is 0 Å². The van der Waals surface area contributed by atoms with Crippen LogP contribution in [0.5, 0.6) is 11.5 Å². The predicted octanol–water partition coefficient (Wildman–Crippen LogP) is 3.61. The third-order valence-corrected chi connectivity index (χ3v) is 2.79. The van der Waals surface area contributed by atoms with Gasteiger partial charge in [0.15, 0.2) is 0 Å². The van der Waals surface area contributed by atoms with Crippen LogP contribution in [0.15, 0.2) is 53.7 Å². The first-order chi connectivity index (χ1) is 9.79. The molecule has 0 radical (unpaired) electrons. The van der Waals surface area contributed by atoms with E-state index in [-0.39, 0.29) is 0 Å². The van der Waals surface area contributed by atoms with Crippen LogP contribution in [-0.2, 0) is 0 Å². The first kappa shape index (κ1) is 14.2. The summed E-state index contributed by atoms with van der Waals surface area (Å²) in [4.78, 5) is 0. The number of rotatable bonds is 6. The number of ether oxygens (including phenoxy) is 2. The maximum Gasteiger partial charge on any atom is 0.128 e. The van der Waals surface area contributed by atoms with Crippen molar-refractivity contribution in [3.8, 4) is 11.5 Å². The van der Waals surface area contributed by atoms with Crippen LogP contribution < -0.4 is 9.47 Å². The van der Waals surface area contributed by atoms with Crippen molar-refractivity contribution in [2.75, 3.05) is 13.2 Å². The number of benzene rings is 2. The minimum Gasteiger partial charge on any atom is -0.490 e. The molecule has 0 amide bonds. The third-order valence-electron chi connectivity index (χ3n) is 2.54. The van der Waals surface area contributed by atoms with Gasteiger partial charge in [-0.15, -0.1) is 0 Å². The first-order valence-electron chi connectivity index (χ1n) is 6.07. The predicted molar refractivity (Wildman–Crippen MR) is 78.3 cm³/mol. The fraction of sp³-hybridized carbons (Fsp3) is 0.133. The highest BCUT2D eigenvalue weighted by Gasteiger charge is 2.01. The van der Waals surface area contributed by atoms with Gasteiger partial charge in [0.25, 0.3) is 0 Å². The molecule has 4 nitrogen and oxygen atoms in total. The zero-order valence-electron chi connectivity index (χ0n) is 10.7. The Hall–Kier alpha value is -2.20. The van der Waals surface area contributed by atoms with Crippen molar-refractivity contribution < 1.29 is 14.7 Å². The second-order valence-corrected chi connectivity index (χ2v) is 4.37. The Morgan fingerprint density at radius 1 is 1.00 bits per heavy atom. The molecule has 20 heavy (non-hydrogen) atoms. The van der Waals surface area contributed by atoms with Crippen LogP contribution in [0.1, 0.15) is 5.56 Å². The SMILES string of the molecule is ON=Cc1ccccc1OCCOc1ccc(Cl)cc1. The molecule has 1 N–H and O–H groups in total. The Morgan fingerprint density at radius 2 is 1.70 bits per heavy atom. The largest absolute Gasteiger partial charge is 0.490 e. The molecular weight excluding hydrogens is 278 g/mol. The normalized spacial score (nSPS) is 10.7. The summed E-state index contributed by atoms with van der Waals surface area (Å²) in [6.07, 6.45) is 1.33. The van der Waals surface area contributed by atoms with Crippen molar-refractivity contribution in [2.45, 2.75) is 0 Å². The van der Waals surface area contributed by atoms with Crippen LogP contribution in [0.3, 0.4) is 0 Å². The third kappa shape index (κ3) is 4.17. The summed E-state index contributed by atoms with van der Waals surface area (Å²) >= 11 is 5.79. The van der Waals surface area contributed by atoms with Gasteiger partial charge in [0.2, 0.25) is 0 Å². The van der Waals surface area contributed by atoms with E-state index in [2.05, 4.69) is 5.16 Å². The quantitative estimate of drug-likeness (QED) is 0.383.